The fraction of sp³-hybridized carbons (Fsp3) is 1.00. The van der Waals surface area contributed by atoms with Crippen molar-refractivity contribution in [2.24, 2.45) is 5.73 Å². The van der Waals surface area contributed by atoms with Crippen LogP contribution in [0.4, 0.5) is 0 Å². The van der Waals surface area contributed by atoms with Crippen molar-refractivity contribution in [1.29, 1.82) is 0 Å². The van der Waals surface area contributed by atoms with Gasteiger partial charge in [-0.3, -0.25) is 0 Å². The SMILES string of the molecule is NC1CNN(I)C1. The molecule has 1 atom stereocenters. The van der Waals surface area contributed by atoms with Gasteiger partial charge in [-0.2, -0.15) is 3.22 Å². The van der Waals surface area contributed by atoms with E-state index in [0.717, 1.165) is 13.1 Å². The summed E-state index contributed by atoms with van der Waals surface area (Å²) in [6.07, 6.45) is 0. The van der Waals surface area contributed by atoms with Crippen LogP contribution >= 0.6 is 22.9 Å². The lowest BCUT2D eigenvalue weighted by Crippen LogP contribution is -2.24. The average Bonchev–Trinajstić information content (AvgIpc) is 1.87. The molecular formula is C3H8IN3. The maximum Gasteiger partial charge on any atom is 0.0401 e. The number of nitrogens with zero attached hydrogens (tertiary/aromatic N) is 1. The van der Waals surface area contributed by atoms with Gasteiger partial charge in [0.05, 0.1) is 0 Å². The van der Waals surface area contributed by atoms with Gasteiger partial charge in [0.15, 0.2) is 0 Å². The second-order valence-electron chi connectivity index (χ2n) is 1.67. The monoisotopic (exact) mass is 213 g/mol. The lowest BCUT2D eigenvalue weighted by molar-refractivity contribution is 0.499. The first-order valence-corrected chi connectivity index (χ1v) is 3.18. The van der Waals surface area contributed by atoms with Gasteiger partial charge in [-0.25, -0.2) is 5.43 Å². The van der Waals surface area contributed by atoms with Gasteiger partial charge in [0.25, 0.3) is 0 Å². The van der Waals surface area contributed by atoms with Crippen molar-refractivity contribution in [3.63, 3.8) is 0 Å². The summed E-state index contributed by atoms with van der Waals surface area (Å²) in [5.74, 6) is 0. The molecule has 0 saturated carbocycles. The fourth-order valence-electron chi connectivity index (χ4n) is 0.551. The van der Waals surface area contributed by atoms with Gasteiger partial charge in [0.2, 0.25) is 0 Å². The Morgan fingerprint density at radius 2 is 2.57 bits per heavy atom. The van der Waals surface area contributed by atoms with Crippen LogP contribution in [0, 0.1) is 0 Å². The number of nitrogens with one attached hydrogen (secondary N) is 1. The van der Waals surface area contributed by atoms with Crippen LogP contribution in [0.15, 0.2) is 0 Å². The second kappa shape index (κ2) is 2.25. The first kappa shape index (κ1) is 5.74. The first-order chi connectivity index (χ1) is 3.29. The highest BCUT2D eigenvalue weighted by atomic mass is 127. The Kier molecular flexibility index (Phi) is 1.85. The molecule has 0 aliphatic carbocycles. The molecule has 0 amide bonds. The standard InChI is InChI=1S/C3H8IN3/c4-7-2-3(5)1-6-7/h3,6H,1-2,5H2. The Balaban J connectivity index is 2.26. The van der Waals surface area contributed by atoms with Crippen molar-refractivity contribution < 1.29 is 0 Å². The third-order valence-corrected chi connectivity index (χ3v) is 1.65. The number of hydrogen-bond donors (Lipinski definition) is 2. The zero-order chi connectivity index (χ0) is 5.28. The van der Waals surface area contributed by atoms with Gasteiger partial charge < -0.3 is 5.73 Å². The third kappa shape index (κ3) is 1.52. The Labute approximate surface area is 56.7 Å². The Morgan fingerprint density at radius 3 is 2.71 bits per heavy atom. The minimum Gasteiger partial charge on any atom is -0.325 e. The van der Waals surface area contributed by atoms with Crippen molar-refractivity contribution in [3.05, 3.63) is 0 Å². The normalized spacial score (nSPS) is 34.3. The van der Waals surface area contributed by atoms with Crippen LogP contribution in [-0.4, -0.2) is 22.4 Å². The molecule has 1 saturated heterocycles. The molecule has 1 aliphatic rings. The van der Waals surface area contributed by atoms with Crippen LogP contribution in [0.1, 0.15) is 0 Å². The van der Waals surface area contributed by atoms with Gasteiger partial charge in [0, 0.05) is 42.0 Å². The fourth-order valence-corrected chi connectivity index (χ4v) is 1.25. The Hall–Kier alpha value is 0.610. The van der Waals surface area contributed by atoms with Gasteiger partial charge in [0.1, 0.15) is 0 Å². The van der Waals surface area contributed by atoms with E-state index >= 15 is 0 Å². The number of halogens is 1. The van der Waals surface area contributed by atoms with Crippen molar-refractivity contribution in [2.45, 2.75) is 6.04 Å². The van der Waals surface area contributed by atoms with E-state index in [-0.39, 0.29) is 0 Å². The molecule has 1 heterocycles. The van der Waals surface area contributed by atoms with Crippen molar-refractivity contribution in [3.8, 4) is 0 Å². The van der Waals surface area contributed by atoms with E-state index in [0.29, 0.717) is 6.04 Å². The van der Waals surface area contributed by atoms with Gasteiger partial charge >= 0.3 is 0 Å². The summed E-state index contributed by atoms with van der Waals surface area (Å²) in [6, 6.07) is 0.330. The molecule has 0 aromatic rings. The second-order valence-corrected chi connectivity index (χ2v) is 2.83. The van der Waals surface area contributed by atoms with Gasteiger partial charge in [-0.1, -0.05) is 0 Å². The summed E-state index contributed by atoms with van der Waals surface area (Å²) in [7, 11) is 0. The molecule has 3 N–H and O–H groups in total. The minimum absolute atomic E-state index is 0.330. The van der Waals surface area contributed by atoms with E-state index in [1.54, 1.807) is 0 Å². The Morgan fingerprint density at radius 1 is 1.86 bits per heavy atom. The predicted molar refractivity (Wildman–Crippen MR) is 36.7 cm³/mol. The van der Waals surface area contributed by atoms with E-state index in [9.17, 15) is 0 Å². The first-order valence-electron chi connectivity index (χ1n) is 2.21. The van der Waals surface area contributed by atoms with Crippen LogP contribution in [0.2, 0.25) is 0 Å². The lowest BCUT2D eigenvalue weighted by atomic mass is 10.4. The van der Waals surface area contributed by atoms with Gasteiger partial charge in [-0.05, 0) is 0 Å². The summed E-state index contributed by atoms with van der Waals surface area (Å²) in [4.78, 5) is 0. The molecule has 0 bridgehead atoms. The highest BCUT2D eigenvalue weighted by Gasteiger charge is 2.14. The molecule has 0 spiro atoms. The molecule has 1 rings (SSSR count). The number of hydrogen-bond acceptors (Lipinski definition) is 3. The van der Waals surface area contributed by atoms with E-state index in [1.807, 2.05) is 3.22 Å². The highest BCUT2D eigenvalue weighted by molar-refractivity contribution is 14.1. The van der Waals surface area contributed by atoms with E-state index in [2.05, 4.69) is 28.3 Å². The smallest absolute Gasteiger partial charge is 0.0401 e. The zero-order valence-corrected chi connectivity index (χ0v) is 6.05. The maximum atomic E-state index is 5.52. The number of rotatable bonds is 0. The summed E-state index contributed by atoms with van der Waals surface area (Å²) in [5, 5.41) is 0. The summed E-state index contributed by atoms with van der Waals surface area (Å²) >= 11 is 2.19. The Bertz CT molecular complexity index is 59.2. The number of nitrogens with two attached hydrogens (primary N) is 1. The molecule has 3 nitrogen and oxygen atoms in total. The maximum absolute atomic E-state index is 5.52. The molecule has 1 unspecified atom stereocenters. The predicted octanol–water partition coefficient (Wildman–Crippen LogP) is -0.516. The summed E-state index contributed by atoms with van der Waals surface area (Å²) in [6.45, 7) is 1.88. The van der Waals surface area contributed by atoms with Crippen LogP contribution in [-0.2, 0) is 0 Å². The number of hydrazine groups is 1. The van der Waals surface area contributed by atoms with Crippen LogP contribution < -0.4 is 11.2 Å². The van der Waals surface area contributed by atoms with E-state index < -0.39 is 0 Å². The topological polar surface area (TPSA) is 41.3 Å². The summed E-state index contributed by atoms with van der Waals surface area (Å²) < 4.78 is 1.97. The minimum atomic E-state index is 0.330. The third-order valence-electron chi connectivity index (χ3n) is 0.920. The largest absolute Gasteiger partial charge is 0.325 e. The van der Waals surface area contributed by atoms with E-state index in [1.165, 1.54) is 0 Å². The van der Waals surface area contributed by atoms with Gasteiger partial charge in [-0.15, -0.1) is 0 Å². The molecule has 42 valence electrons. The quantitative estimate of drug-likeness (QED) is 0.420. The molecule has 1 aliphatic heterocycles. The summed E-state index contributed by atoms with van der Waals surface area (Å²) in [5.41, 5.74) is 8.58. The average molecular weight is 213 g/mol. The lowest BCUT2D eigenvalue weighted by Gasteiger charge is -2.00. The molecule has 7 heavy (non-hydrogen) atoms. The highest BCUT2D eigenvalue weighted by Crippen LogP contribution is 1.99. The van der Waals surface area contributed by atoms with Crippen molar-refractivity contribution in [2.75, 3.05) is 13.1 Å². The van der Waals surface area contributed by atoms with Crippen LogP contribution in [0.5, 0.6) is 0 Å². The zero-order valence-electron chi connectivity index (χ0n) is 3.89. The molecule has 1 fully saturated rings. The van der Waals surface area contributed by atoms with Crippen LogP contribution in [0.3, 0.4) is 0 Å². The molecular weight excluding hydrogens is 205 g/mol. The van der Waals surface area contributed by atoms with E-state index in [4.69, 9.17) is 5.73 Å². The van der Waals surface area contributed by atoms with Crippen LogP contribution in [0.25, 0.3) is 0 Å². The molecule has 0 aromatic carbocycles. The molecule has 4 heteroatoms. The van der Waals surface area contributed by atoms with Crippen molar-refractivity contribution >= 4 is 22.9 Å². The molecule has 0 radical (unpaired) electrons. The van der Waals surface area contributed by atoms with Crippen molar-refractivity contribution in [1.82, 2.24) is 8.65 Å². The molecule has 0 aromatic heterocycles.